The smallest absolute Gasteiger partial charge is 0.0650 e. The monoisotopic (exact) mass is 284 g/mol. The van der Waals surface area contributed by atoms with Crippen LogP contribution in [0.1, 0.15) is 48.5 Å². The lowest BCUT2D eigenvalue weighted by atomic mass is 10.0. The number of aryl methyl sites for hydroxylation is 1. The molecule has 21 heavy (non-hydrogen) atoms. The Bertz CT molecular complexity index is 567. The van der Waals surface area contributed by atoms with E-state index in [1.54, 1.807) is 0 Å². The molecule has 3 heteroatoms. The molecule has 1 atom stereocenters. The van der Waals surface area contributed by atoms with E-state index >= 15 is 0 Å². The number of nitrogens with zero attached hydrogens (tertiary/aromatic N) is 2. The van der Waals surface area contributed by atoms with Gasteiger partial charge < -0.3 is 5.11 Å². The largest absolute Gasteiger partial charge is 0.392 e. The molecule has 1 aliphatic rings. The quantitative estimate of drug-likeness (QED) is 0.913. The van der Waals surface area contributed by atoms with Crippen LogP contribution >= 0.6 is 0 Å². The predicted octanol–water partition coefficient (Wildman–Crippen LogP) is 3.45. The van der Waals surface area contributed by atoms with Crippen LogP contribution in [0.15, 0.2) is 36.5 Å². The van der Waals surface area contributed by atoms with Crippen LogP contribution in [0.4, 0.5) is 0 Å². The van der Waals surface area contributed by atoms with Crippen LogP contribution in [0.3, 0.4) is 0 Å². The van der Waals surface area contributed by atoms with Gasteiger partial charge in [0.2, 0.25) is 0 Å². The molecular weight excluding hydrogens is 260 g/mol. The zero-order valence-electron chi connectivity index (χ0n) is 12.7. The minimum Gasteiger partial charge on any atom is -0.392 e. The summed E-state index contributed by atoms with van der Waals surface area (Å²) in [5.74, 6) is 0. The van der Waals surface area contributed by atoms with Crippen LogP contribution in [0.5, 0.6) is 0 Å². The summed E-state index contributed by atoms with van der Waals surface area (Å²) in [6.07, 6.45) is 8.15. The van der Waals surface area contributed by atoms with E-state index in [1.165, 1.54) is 36.8 Å². The Hall–Kier alpha value is -1.61. The van der Waals surface area contributed by atoms with Crippen LogP contribution in [0, 0.1) is 6.92 Å². The van der Waals surface area contributed by atoms with Crippen molar-refractivity contribution in [2.75, 3.05) is 0 Å². The van der Waals surface area contributed by atoms with Gasteiger partial charge in [0.1, 0.15) is 0 Å². The Morgan fingerprint density at radius 3 is 2.57 bits per heavy atom. The Morgan fingerprint density at radius 2 is 1.86 bits per heavy atom. The number of aliphatic hydroxyl groups excluding tert-OH is 1. The predicted molar refractivity (Wildman–Crippen MR) is 84.3 cm³/mol. The van der Waals surface area contributed by atoms with Gasteiger partial charge >= 0.3 is 0 Å². The molecule has 1 aliphatic carbocycles. The van der Waals surface area contributed by atoms with Crippen LogP contribution in [-0.4, -0.2) is 21.0 Å². The average molecular weight is 284 g/mol. The summed E-state index contributed by atoms with van der Waals surface area (Å²) in [7, 11) is 0. The van der Waals surface area contributed by atoms with Gasteiger partial charge in [-0.25, -0.2) is 0 Å². The minimum absolute atomic E-state index is 0.361. The van der Waals surface area contributed by atoms with Crippen molar-refractivity contribution in [3.8, 4) is 0 Å². The number of benzene rings is 1. The topological polar surface area (TPSA) is 38.0 Å². The summed E-state index contributed by atoms with van der Waals surface area (Å²) >= 11 is 0. The highest BCUT2D eigenvalue weighted by Crippen LogP contribution is 2.28. The zero-order valence-corrected chi connectivity index (χ0v) is 12.7. The molecular formula is C18H24N2O. The summed E-state index contributed by atoms with van der Waals surface area (Å²) in [4.78, 5) is 0. The third-order valence-corrected chi connectivity index (χ3v) is 4.40. The van der Waals surface area contributed by atoms with Gasteiger partial charge in [0, 0.05) is 12.6 Å². The maximum atomic E-state index is 10.3. The fourth-order valence-corrected chi connectivity index (χ4v) is 3.17. The van der Waals surface area contributed by atoms with E-state index in [0.717, 1.165) is 5.69 Å². The minimum atomic E-state index is -0.361. The van der Waals surface area contributed by atoms with E-state index in [9.17, 15) is 5.11 Å². The fraction of sp³-hybridized carbons (Fsp3) is 0.500. The maximum Gasteiger partial charge on any atom is 0.0650 e. The SMILES string of the molecule is Cc1ccc(CC(O)Cc2ccn(C3CCCC3)n2)cc1. The zero-order chi connectivity index (χ0) is 14.7. The molecule has 0 bridgehead atoms. The van der Waals surface area contributed by atoms with Crippen molar-refractivity contribution in [2.24, 2.45) is 0 Å². The van der Waals surface area contributed by atoms with Gasteiger partial charge in [-0.3, -0.25) is 4.68 Å². The molecule has 0 spiro atoms. The number of hydrogen-bond acceptors (Lipinski definition) is 2. The molecule has 1 aromatic heterocycles. The summed E-state index contributed by atoms with van der Waals surface area (Å²) in [6.45, 7) is 2.08. The lowest BCUT2D eigenvalue weighted by Gasteiger charge is -2.11. The lowest BCUT2D eigenvalue weighted by Crippen LogP contribution is -2.15. The Balaban J connectivity index is 1.56. The van der Waals surface area contributed by atoms with E-state index in [-0.39, 0.29) is 6.10 Å². The van der Waals surface area contributed by atoms with Crippen molar-refractivity contribution < 1.29 is 5.11 Å². The highest BCUT2D eigenvalue weighted by Gasteiger charge is 2.18. The van der Waals surface area contributed by atoms with Gasteiger partial charge in [-0.2, -0.15) is 5.10 Å². The van der Waals surface area contributed by atoms with Crippen molar-refractivity contribution >= 4 is 0 Å². The summed E-state index contributed by atoms with van der Waals surface area (Å²) in [5.41, 5.74) is 3.44. The maximum absolute atomic E-state index is 10.3. The van der Waals surface area contributed by atoms with E-state index in [2.05, 4.69) is 53.2 Å². The summed E-state index contributed by atoms with van der Waals surface area (Å²) < 4.78 is 2.10. The van der Waals surface area contributed by atoms with Gasteiger partial charge in [-0.05, 0) is 37.8 Å². The molecule has 0 radical (unpaired) electrons. The first kappa shape index (κ1) is 14.3. The molecule has 0 aliphatic heterocycles. The third kappa shape index (κ3) is 3.73. The van der Waals surface area contributed by atoms with Gasteiger partial charge in [0.15, 0.2) is 0 Å². The van der Waals surface area contributed by atoms with Gasteiger partial charge in [0.25, 0.3) is 0 Å². The molecule has 0 amide bonds. The number of aromatic nitrogens is 2. The van der Waals surface area contributed by atoms with Gasteiger partial charge in [-0.15, -0.1) is 0 Å². The van der Waals surface area contributed by atoms with Crippen molar-refractivity contribution in [3.05, 3.63) is 53.3 Å². The van der Waals surface area contributed by atoms with E-state index < -0.39 is 0 Å². The summed E-state index contributed by atoms with van der Waals surface area (Å²) in [5, 5.41) is 14.9. The summed E-state index contributed by atoms with van der Waals surface area (Å²) in [6, 6.07) is 11.0. The molecule has 1 N–H and O–H groups in total. The second-order valence-electron chi connectivity index (χ2n) is 6.27. The number of hydrogen-bond donors (Lipinski definition) is 1. The molecule has 3 rings (SSSR count). The first-order valence-electron chi connectivity index (χ1n) is 7.98. The first-order chi connectivity index (χ1) is 10.2. The fourth-order valence-electron chi connectivity index (χ4n) is 3.17. The highest BCUT2D eigenvalue weighted by molar-refractivity contribution is 5.22. The average Bonchev–Trinajstić information content (AvgIpc) is 3.12. The van der Waals surface area contributed by atoms with E-state index in [0.29, 0.717) is 18.9 Å². The lowest BCUT2D eigenvalue weighted by molar-refractivity contribution is 0.174. The van der Waals surface area contributed by atoms with Crippen LogP contribution in [0.2, 0.25) is 0 Å². The van der Waals surface area contributed by atoms with Gasteiger partial charge in [0.05, 0.1) is 17.8 Å². The molecule has 2 aromatic rings. The highest BCUT2D eigenvalue weighted by atomic mass is 16.3. The second-order valence-corrected chi connectivity index (χ2v) is 6.27. The Labute approximate surface area is 126 Å². The van der Waals surface area contributed by atoms with Crippen molar-refractivity contribution in [1.29, 1.82) is 0 Å². The van der Waals surface area contributed by atoms with Crippen molar-refractivity contribution in [1.82, 2.24) is 9.78 Å². The number of aliphatic hydroxyl groups is 1. The normalized spacial score (nSPS) is 17.2. The molecule has 1 heterocycles. The van der Waals surface area contributed by atoms with E-state index in [4.69, 9.17) is 0 Å². The van der Waals surface area contributed by atoms with Crippen LogP contribution in [0.25, 0.3) is 0 Å². The Kier molecular flexibility index (Phi) is 4.39. The Morgan fingerprint density at radius 1 is 1.14 bits per heavy atom. The molecule has 1 aromatic carbocycles. The second kappa shape index (κ2) is 6.44. The van der Waals surface area contributed by atoms with E-state index in [1.807, 2.05) is 0 Å². The van der Waals surface area contributed by atoms with Crippen LogP contribution < -0.4 is 0 Å². The molecule has 1 fully saturated rings. The van der Waals surface area contributed by atoms with Crippen molar-refractivity contribution in [3.63, 3.8) is 0 Å². The molecule has 1 unspecified atom stereocenters. The molecule has 0 saturated heterocycles. The number of rotatable bonds is 5. The first-order valence-corrected chi connectivity index (χ1v) is 7.98. The van der Waals surface area contributed by atoms with Crippen molar-refractivity contribution in [2.45, 2.75) is 57.6 Å². The van der Waals surface area contributed by atoms with Gasteiger partial charge in [-0.1, -0.05) is 42.7 Å². The third-order valence-electron chi connectivity index (χ3n) is 4.40. The molecule has 1 saturated carbocycles. The molecule has 112 valence electrons. The van der Waals surface area contributed by atoms with Crippen LogP contribution in [-0.2, 0) is 12.8 Å². The molecule has 3 nitrogen and oxygen atoms in total. The standard InChI is InChI=1S/C18H24N2O/c1-14-6-8-15(9-7-14)12-18(21)13-16-10-11-20(19-16)17-4-2-3-5-17/h6-11,17-18,21H,2-5,12-13H2,1H3.